The van der Waals surface area contributed by atoms with E-state index >= 15 is 0 Å². The van der Waals surface area contributed by atoms with Crippen LogP contribution in [0.4, 0.5) is 5.69 Å². The number of anilines is 1. The van der Waals surface area contributed by atoms with Crippen LogP contribution in [0.5, 0.6) is 0 Å². The molecule has 4 aromatic rings. The van der Waals surface area contributed by atoms with Crippen molar-refractivity contribution in [1.29, 1.82) is 0 Å². The lowest BCUT2D eigenvalue weighted by molar-refractivity contribution is -0.113. The zero-order valence-electron chi connectivity index (χ0n) is 15.5. The summed E-state index contributed by atoms with van der Waals surface area (Å²) in [6.07, 6.45) is 2.92. The van der Waals surface area contributed by atoms with E-state index in [-0.39, 0.29) is 11.7 Å². The molecule has 0 bridgehead atoms. The average molecular weight is 496 g/mol. The molecule has 2 heterocycles. The number of nitrogens with two attached hydrogens (primary N) is 1. The molecule has 31 heavy (non-hydrogen) atoms. The molecule has 13 heteroatoms. The lowest BCUT2D eigenvalue weighted by Gasteiger charge is -2.11. The maximum Gasteiger partial charge on any atom is 0.234 e. The van der Waals surface area contributed by atoms with Crippen molar-refractivity contribution in [3.05, 3.63) is 64.1 Å². The van der Waals surface area contributed by atoms with Crippen LogP contribution in [0, 0.1) is 0 Å². The average Bonchev–Trinajstić information content (AvgIpc) is 3.39. The predicted molar refractivity (Wildman–Crippen MR) is 121 cm³/mol. The zero-order valence-corrected chi connectivity index (χ0v) is 18.6. The van der Waals surface area contributed by atoms with Gasteiger partial charge in [-0.05, 0) is 36.4 Å². The molecule has 0 saturated heterocycles. The van der Waals surface area contributed by atoms with E-state index in [0.29, 0.717) is 43.0 Å². The topological polar surface area (TPSA) is 117 Å². The summed E-state index contributed by atoms with van der Waals surface area (Å²) in [5.41, 5.74) is 1.65. The van der Waals surface area contributed by atoms with Gasteiger partial charge in [-0.15, -0.1) is 10.2 Å². The summed E-state index contributed by atoms with van der Waals surface area (Å²) >= 11 is 19.4. The Labute approximate surface area is 195 Å². The molecule has 0 aliphatic carbocycles. The monoisotopic (exact) mass is 494 g/mol. The quantitative estimate of drug-likeness (QED) is 0.307. The summed E-state index contributed by atoms with van der Waals surface area (Å²) in [7, 11) is 0. The molecule has 0 unspecified atom stereocenters. The van der Waals surface area contributed by atoms with Crippen LogP contribution < -0.4 is 11.2 Å². The molecular weight excluding hydrogens is 483 g/mol. The molecule has 4 rings (SSSR count). The van der Waals surface area contributed by atoms with E-state index in [1.165, 1.54) is 22.0 Å². The summed E-state index contributed by atoms with van der Waals surface area (Å²) in [6.45, 7) is 0. The second kappa shape index (κ2) is 9.15. The molecule has 2 aromatic heterocycles. The standard InChI is InChI=1S/C18H13Cl3N8OS/c19-10-1-3-13(21)12(5-10)17-26-27-18(29(17)22)31-7-16(30)25-14-6-11(20)2-4-15(14)28-9-23-8-24-28/h1-6,8-9H,7,22H2,(H,25,30). The number of benzene rings is 2. The smallest absolute Gasteiger partial charge is 0.234 e. The first kappa shape index (κ1) is 21.4. The first-order chi connectivity index (χ1) is 14.9. The highest BCUT2D eigenvalue weighted by molar-refractivity contribution is 7.99. The fourth-order valence-corrected chi connectivity index (χ4v) is 3.89. The maximum atomic E-state index is 12.5. The summed E-state index contributed by atoms with van der Waals surface area (Å²) in [5, 5.41) is 16.7. The number of hydrogen-bond acceptors (Lipinski definition) is 7. The van der Waals surface area contributed by atoms with E-state index in [1.54, 1.807) is 36.4 Å². The number of nitrogens with one attached hydrogen (secondary N) is 1. The van der Waals surface area contributed by atoms with Gasteiger partial charge in [0.1, 0.15) is 12.7 Å². The minimum absolute atomic E-state index is 0.0297. The van der Waals surface area contributed by atoms with Gasteiger partial charge in [-0.1, -0.05) is 46.6 Å². The second-order valence-electron chi connectivity index (χ2n) is 6.14. The summed E-state index contributed by atoms with van der Waals surface area (Å²) in [4.78, 5) is 16.5. The number of rotatable bonds is 6. The van der Waals surface area contributed by atoms with Crippen LogP contribution in [0.1, 0.15) is 0 Å². The molecule has 3 N–H and O–H groups in total. The van der Waals surface area contributed by atoms with Crippen LogP contribution in [0.2, 0.25) is 15.1 Å². The van der Waals surface area contributed by atoms with E-state index in [2.05, 4.69) is 25.6 Å². The van der Waals surface area contributed by atoms with Gasteiger partial charge >= 0.3 is 0 Å². The molecule has 0 aliphatic heterocycles. The van der Waals surface area contributed by atoms with Crippen LogP contribution in [-0.2, 0) is 4.79 Å². The molecule has 0 aliphatic rings. The van der Waals surface area contributed by atoms with Crippen LogP contribution in [-0.4, -0.2) is 41.3 Å². The predicted octanol–water partition coefficient (Wildman–Crippen LogP) is 3.93. The lowest BCUT2D eigenvalue weighted by atomic mass is 10.2. The first-order valence-electron chi connectivity index (χ1n) is 8.65. The van der Waals surface area contributed by atoms with Crippen molar-refractivity contribution in [2.75, 3.05) is 16.9 Å². The number of hydrogen-bond donors (Lipinski definition) is 2. The van der Waals surface area contributed by atoms with Crippen molar-refractivity contribution in [1.82, 2.24) is 29.6 Å². The lowest BCUT2D eigenvalue weighted by Crippen LogP contribution is -2.17. The normalized spacial score (nSPS) is 10.9. The Morgan fingerprint density at radius 3 is 2.65 bits per heavy atom. The van der Waals surface area contributed by atoms with E-state index in [0.717, 1.165) is 11.8 Å². The Morgan fingerprint density at radius 2 is 1.87 bits per heavy atom. The largest absolute Gasteiger partial charge is 0.335 e. The zero-order chi connectivity index (χ0) is 22.0. The SMILES string of the molecule is Nn1c(SCC(=O)Nc2cc(Cl)ccc2-n2cncn2)nnc1-c1cc(Cl)ccc1Cl. The van der Waals surface area contributed by atoms with Crippen LogP contribution in [0.3, 0.4) is 0 Å². The van der Waals surface area contributed by atoms with Crippen molar-refractivity contribution < 1.29 is 4.79 Å². The van der Waals surface area contributed by atoms with Crippen LogP contribution in [0.25, 0.3) is 17.1 Å². The van der Waals surface area contributed by atoms with Crippen molar-refractivity contribution in [2.24, 2.45) is 0 Å². The second-order valence-corrected chi connectivity index (χ2v) is 8.36. The van der Waals surface area contributed by atoms with E-state index in [1.807, 2.05) is 0 Å². The summed E-state index contributed by atoms with van der Waals surface area (Å²) in [6, 6.07) is 10.0. The Balaban J connectivity index is 1.48. The highest BCUT2D eigenvalue weighted by atomic mass is 35.5. The van der Waals surface area contributed by atoms with Crippen LogP contribution in [0.15, 0.2) is 54.2 Å². The van der Waals surface area contributed by atoms with Gasteiger partial charge in [-0.3, -0.25) is 4.79 Å². The van der Waals surface area contributed by atoms with E-state index < -0.39 is 0 Å². The van der Waals surface area contributed by atoms with Gasteiger partial charge in [-0.25, -0.2) is 14.3 Å². The van der Waals surface area contributed by atoms with E-state index in [9.17, 15) is 4.79 Å². The molecule has 0 fully saturated rings. The molecule has 0 radical (unpaired) electrons. The number of carbonyl (C=O) groups is 1. The Kier molecular flexibility index (Phi) is 6.33. The highest BCUT2D eigenvalue weighted by Gasteiger charge is 2.17. The number of aromatic nitrogens is 6. The van der Waals surface area contributed by atoms with Gasteiger partial charge in [0.05, 0.1) is 22.2 Å². The minimum atomic E-state index is -0.293. The van der Waals surface area contributed by atoms with Crippen molar-refractivity contribution >= 4 is 58.2 Å². The number of carbonyl (C=O) groups excluding carboxylic acids is 1. The number of thioether (sulfide) groups is 1. The third-order valence-corrected chi connectivity index (χ3v) is 5.81. The third kappa shape index (κ3) is 4.77. The van der Waals surface area contributed by atoms with Gasteiger partial charge in [0.25, 0.3) is 0 Å². The number of nitrogen functional groups attached to an aromatic ring is 1. The van der Waals surface area contributed by atoms with Gasteiger partial charge in [-0.2, -0.15) is 5.10 Å². The van der Waals surface area contributed by atoms with Gasteiger partial charge in [0.2, 0.25) is 11.1 Å². The summed E-state index contributed by atoms with van der Waals surface area (Å²) in [5.74, 6) is 6.17. The number of nitrogens with zero attached hydrogens (tertiary/aromatic N) is 6. The molecule has 0 saturated carbocycles. The molecule has 1 amide bonds. The molecule has 158 valence electrons. The molecule has 0 spiro atoms. The Hall–Kier alpha value is -2.79. The fraction of sp³-hybridized carbons (Fsp3) is 0.0556. The highest BCUT2D eigenvalue weighted by Crippen LogP contribution is 2.30. The summed E-state index contributed by atoms with van der Waals surface area (Å²) < 4.78 is 2.78. The van der Waals surface area contributed by atoms with Crippen molar-refractivity contribution in [3.63, 3.8) is 0 Å². The van der Waals surface area contributed by atoms with Crippen molar-refractivity contribution in [2.45, 2.75) is 5.16 Å². The Morgan fingerprint density at radius 1 is 1.10 bits per heavy atom. The van der Waals surface area contributed by atoms with Crippen LogP contribution >= 0.6 is 46.6 Å². The minimum Gasteiger partial charge on any atom is -0.335 e. The third-order valence-electron chi connectivity index (χ3n) is 4.06. The van der Waals surface area contributed by atoms with Gasteiger partial charge < -0.3 is 11.2 Å². The fourth-order valence-electron chi connectivity index (χ4n) is 2.69. The molecule has 0 atom stereocenters. The van der Waals surface area contributed by atoms with E-state index in [4.69, 9.17) is 40.6 Å². The van der Waals surface area contributed by atoms with Crippen molar-refractivity contribution in [3.8, 4) is 17.1 Å². The number of amides is 1. The first-order valence-corrected chi connectivity index (χ1v) is 10.8. The maximum absolute atomic E-state index is 12.5. The Bertz CT molecular complexity index is 1240. The molecular formula is C18H13Cl3N8OS. The van der Waals surface area contributed by atoms with Gasteiger partial charge in [0.15, 0.2) is 5.82 Å². The van der Waals surface area contributed by atoms with Gasteiger partial charge in [0, 0.05) is 15.6 Å². The number of halogens is 3. The molecule has 2 aromatic carbocycles. The molecule has 9 nitrogen and oxygen atoms in total.